The standard InChI is InChI=1S/C23H37N3O6S/c1-3-32-21(30)17-16-20(29)26(9-4-5-13-27)18(23(16)7-6-22(17,2)33-23)19(28)24-8-10-25-11-14-31-15-12-25/h16-18,27H,3-15H2,1-2H3,(H,24,28)/t16-,17+,18?,22-,23?/m0/s1. The maximum atomic E-state index is 13.7. The molecule has 186 valence electrons. The lowest BCUT2D eigenvalue weighted by atomic mass is 9.66. The van der Waals surface area contributed by atoms with Crippen molar-refractivity contribution in [1.29, 1.82) is 0 Å². The molecule has 33 heavy (non-hydrogen) atoms. The summed E-state index contributed by atoms with van der Waals surface area (Å²) in [7, 11) is 0. The van der Waals surface area contributed by atoms with Gasteiger partial charge in [0.25, 0.3) is 0 Å². The average molecular weight is 484 g/mol. The van der Waals surface area contributed by atoms with E-state index in [0.29, 0.717) is 39.1 Å². The third-order valence-electron chi connectivity index (χ3n) is 7.70. The molecule has 4 saturated heterocycles. The lowest BCUT2D eigenvalue weighted by molar-refractivity contribution is -0.155. The van der Waals surface area contributed by atoms with E-state index in [0.717, 1.165) is 32.5 Å². The fourth-order valence-corrected chi connectivity index (χ4v) is 8.55. The van der Waals surface area contributed by atoms with Crippen molar-refractivity contribution in [3.8, 4) is 0 Å². The molecule has 0 aromatic heterocycles. The number of amides is 2. The van der Waals surface area contributed by atoms with Gasteiger partial charge < -0.3 is 24.8 Å². The third kappa shape index (κ3) is 4.39. The number of carbonyl (C=O) groups excluding carboxylic acids is 3. The largest absolute Gasteiger partial charge is 0.466 e. The summed E-state index contributed by atoms with van der Waals surface area (Å²) < 4.78 is 9.77. The van der Waals surface area contributed by atoms with E-state index in [1.54, 1.807) is 23.6 Å². The zero-order chi connectivity index (χ0) is 23.6. The molecular formula is C23H37N3O6S. The molecule has 0 aromatic rings. The molecule has 2 bridgehead atoms. The minimum atomic E-state index is -0.607. The number of hydrogen-bond acceptors (Lipinski definition) is 8. The highest BCUT2D eigenvalue weighted by Crippen LogP contribution is 2.71. The van der Waals surface area contributed by atoms with Gasteiger partial charge in [-0.1, -0.05) is 0 Å². The Morgan fingerprint density at radius 2 is 2.00 bits per heavy atom. The van der Waals surface area contributed by atoms with Crippen LogP contribution in [0.1, 0.15) is 39.5 Å². The molecule has 0 aliphatic carbocycles. The molecule has 5 atom stereocenters. The molecule has 4 heterocycles. The summed E-state index contributed by atoms with van der Waals surface area (Å²) in [4.78, 5) is 44.2. The Bertz CT molecular complexity index is 762. The van der Waals surface area contributed by atoms with E-state index >= 15 is 0 Å². The SMILES string of the molecule is CCOC(=O)[C@H]1[C@H]2C(=O)N(CCCCO)C(C(=O)NCCN3CCOCC3)C23CC[C@]1(C)S3. The van der Waals surface area contributed by atoms with Gasteiger partial charge in [0.1, 0.15) is 6.04 Å². The van der Waals surface area contributed by atoms with Crippen molar-refractivity contribution >= 4 is 29.5 Å². The van der Waals surface area contributed by atoms with Gasteiger partial charge in [-0.05, 0) is 39.5 Å². The van der Waals surface area contributed by atoms with Crippen LogP contribution in [0.4, 0.5) is 0 Å². The molecule has 2 N–H and O–H groups in total. The number of unbranched alkanes of at least 4 members (excludes halogenated alkanes) is 1. The predicted octanol–water partition coefficient (Wildman–Crippen LogP) is 0.252. The molecule has 9 nitrogen and oxygen atoms in total. The summed E-state index contributed by atoms with van der Waals surface area (Å²) in [6.45, 7) is 8.93. The molecule has 4 fully saturated rings. The number of hydrogen-bond donors (Lipinski definition) is 2. The lowest BCUT2D eigenvalue weighted by Gasteiger charge is -2.34. The number of thioether (sulfide) groups is 1. The predicted molar refractivity (Wildman–Crippen MR) is 124 cm³/mol. The second kappa shape index (κ2) is 10.1. The van der Waals surface area contributed by atoms with Crippen LogP contribution in [0.15, 0.2) is 0 Å². The molecule has 4 rings (SSSR count). The molecule has 4 aliphatic rings. The van der Waals surface area contributed by atoms with Crippen molar-refractivity contribution in [2.24, 2.45) is 11.8 Å². The number of likely N-dealkylation sites (tertiary alicyclic amines) is 1. The van der Waals surface area contributed by atoms with E-state index in [1.807, 2.05) is 6.92 Å². The number of aliphatic hydroxyl groups is 1. The number of morpholine rings is 1. The summed E-state index contributed by atoms with van der Waals surface area (Å²) in [6.07, 6.45) is 2.71. The van der Waals surface area contributed by atoms with Gasteiger partial charge in [0.15, 0.2) is 0 Å². The Morgan fingerprint density at radius 1 is 1.24 bits per heavy atom. The number of esters is 1. The minimum absolute atomic E-state index is 0.0469. The first-order valence-corrected chi connectivity index (χ1v) is 13.1. The van der Waals surface area contributed by atoms with Crippen LogP contribution in [0.2, 0.25) is 0 Å². The zero-order valence-corrected chi connectivity index (χ0v) is 20.5. The normalized spacial score (nSPS) is 35.7. The van der Waals surface area contributed by atoms with Gasteiger partial charge >= 0.3 is 5.97 Å². The second-order valence-corrected chi connectivity index (χ2v) is 11.6. The van der Waals surface area contributed by atoms with Gasteiger partial charge in [0, 0.05) is 44.1 Å². The van der Waals surface area contributed by atoms with Crippen molar-refractivity contribution in [2.45, 2.75) is 55.1 Å². The number of ether oxygens (including phenoxy) is 2. The molecule has 4 aliphatic heterocycles. The van der Waals surface area contributed by atoms with Gasteiger partial charge in [0.05, 0.1) is 36.4 Å². The summed E-state index contributed by atoms with van der Waals surface area (Å²) in [6, 6.07) is -0.607. The highest BCUT2D eigenvalue weighted by Gasteiger charge is 2.77. The van der Waals surface area contributed by atoms with Gasteiger partial charge in [-0.3, -0.25) is 19.3 Å². The van der Waals surface area contributed by atoms with E-state index in [4.69, 9.17) is 9.47 Å². The first-order valence-electron chi connectivity index (χ1n) is 12.2. The third-order valence-corrected chi connectivity index (χ3v) is 9.69. The number of nitrogens with zero attached hydrogens (tertiary/aromatic N) is 2. The topological polar surface area (TPSA) is 108 Å². The van der Waals surface area contributed by atoms with Gasteiger partial charge in [-0.25, -0.2) is 0 Å². The van der Waals surface area contributed by atoms with Crippen LogP contribution in [0.25, 0.3) is 0 Å². The van der Waals surface area contributed by atoms with Crippen LogP contribution in [-0.4, -0.2) is 107 Å². The highest BCUT2D eigenvalue weighted by molar-refractivity contribution is 8.02. The zero-order valence-electron chi connectivity index (χ0n) is 19.7. The Labute approximate surface area is 199 Å². The van der Waals surface area contributed by atoms with E-state index < -0.39 is 27.4 Å². The number of nitrogens with one attached hydrogen (secondary N) is 1. The maximum absolute atomic E-state index is 13.7. The smallest absolute Gasteiger partial charge is 0.311 e. The number of carbonyl (C=O) groups is 3. The fourth-order valence-electron chi connectivity index (χ4n) is 6.21. The van der Waals surface area contributed by atoms with Crippen LogP contribution in [0.3, 0.4) is 0 Å². The molecule has 0 radical (unpaired) electrons. The lowest BCUT2D eigenvalue weighted by Crippen LogP contribution is -2.54. The van der Waals surface area contributed by atoms with Gasteiger partial charge in [-0.2, -0.15) is 0 Å². The van der Waals surface area contributed by atoms with Gasteiger partial charge in [0.2, 0.25) is 11.8 Å². The van der Waals surface area contributed by atoms with E-state index in [2.05, 4.69) is 10.2 Å². The molecule has 2 unspecified atom stereocenters. The van der Waals surface area contributed by atoms with Crippen LogP contribution >= 0.6 is 11.8 Å². The van der Waals surface area contributed by atoms with E-state index in [9.17, 15) is 19.5 Å². The molecule has 1 spiro atoms. The van der Waals surface area contributed by atoms with E-state index in [1.165, 1.54) is 0 Å². The van der Waals surface area contributed by atoms with Crippen molar-refractivity contribution in [2.75, 3.05) is 59.2 Å². The number of aliphatic hydroxyl groups excluding tert-OH is 1. The molecule has 10 heteroatoms. The quantitative estimate of drug-likeness (QED) is 0.336. The Morgan fingerprint density at radius 3 is 2.70 bits per heavy atom. The highest BCUT2D eigenvalue weighted by atomic mass is 32.2. The summed E-state index contributed by atoms with van der Waals surface area (Å²) in [5.74, 6) is -1.64. The molecule has 0 saturated carbocycles. The van der Waals surface area contributed by atoms with Crippen LogP contribution < -0.4 is 5.32 Å². The van der Waals surface area contributed by atoms with Gasteiger partial charge in [-0.15, -0.1) is 11.8 Å². The Kier molecular flexibility index (Phi) is 7.57. The van der Waals surface area contributed by atoms with Crippen molar-refractivity contribution in [3.05, 3.63) is 0 Å². The number of rotatable bonds is 10. The maximum Gasteiger partial charge on any atom is 0.311 e. The van der Waals surface area contributed by atoms with Crippen molar-refractivity contribution in [3.63, 3.8) is 0 Å². The first-order chi connectivity index (χ1) is 15.9. The van der Waals surface area contributed by atoms with Crippen molar-refractivity contribution in [1.82, 2.24) is 15.1 Å². The fraction of sp³-hybridized carbons (Fsp3) is 0.870. The average Bonchev–Trinajstić information content (AvgIpc) is 3.36. The number of fused-ring (bicyclic) bond motifs is 1. The summed E-state index contributed by atoms with van der Waals surface area (Å²) >= 11 is 1.66. The molecular weight excluding hydrogens is 446 g/mol. The van der Waals surface area contributed by atoms with E-state index in [-0.39, 0.29) is 31.0 Å². The Hall–Kier alpha value is -1.36. The molecule has 2 amide bonds. The van der Waals surface area contributed by atoms with Crippen LogP contribution in [0, 0.1) is 11.8 Å². The first kappa shape index (κ1) is 24.8. The minimum Gasteiger partial charge on any atom is -0.466 e. The Balaban J connectivity index is 1.54. The van der Waals surface area contributed by atoms with Crippen LogP contribution in [0.5, 0.6) is 0 Å². The summed E-state index contributed by atoms with van der Waals surface area (Å²) in [5, 5.41) is 12.3. The summed E-state index contributed by atoms with van der Waals surface area (Å²) in [5.41, 5.74) is 0. The van der Waals surface area contributed by atoms with Crippen molar-refractivity contribution < 1.29 is 29.0 Å². The molecule has 0 aromatic carbocycles. The second-order valence-electron chi connectivity index (χ2n) is 9.69. The van der Waals surface area contributed by atoms with Crippen LogP contribution in [-0.2, 0) is 23.9 Å². The monoisotopic (exact) mass is 483 g/mol.